The molecule has 0 aliphatic carbocycles. The molecule has 1 heterocycles. The Balaban J connectivity index is 2.04. The van der Waals surface area contributed by atoms with Crippen LogP contribution in [0.15, 0.2) is 24.3 Å². The number of hydrogen-bond donors (Lipinski definition) is 2. The molecule has 0 saturated heterocycles. The van der Waals surface area contributed by atoms with Gasteiger partial charge in [-0.1, -0.05) is 19.1 Å². The third kappa shape index (κ3) is 5.27. The summed E-state index contributed by atoms with van der Waals surface area (Å²) in [4.78, 5) is 24.2. The third-order valence-electron chi connectivity index (χ3n) is 3.19. The average molecular weight is 346 g/mol. The Morgan fingerprint density at radius 2 is 2.04 bits per heavy atom. The number of carbonyl (C=O) groups excluding carboxylic acids is 2. The number of esters is 1. The molecule has 0 bridgehead atoms. The van der Waals surface area contributed by atoms with Crippen molar-refractivity contribution in [1.82, 2.24) is 25.5 Å². The number of rotatable bonds is 7. The van der Waals surface area contributed by atoms with Crippen LogP contribution in [0.1, 0.15) is 43.4 Å². The van der Waals surface area contributed by atoms with E-state index in [1.54, 1.807) is 28.9 Å². The molecule has 1 aromatic carbocycles. The number of urea groups is 1. The molecular formula is C16H22N6O3. The first-order valence-corrected chi connectivity index (χ1v) is 8.10. The first-order chi connectivity index (χ1) is 12.0. The number of para-hydroxylation sites is 1. The lowest BCUT2D eigenvalue weighted by Crippen LogP contribution is -2.34. The molecule has 0 aliphatic heterocycles. The molecule has 9 heteroatoms. The van der Waals surface area contributed by atoms with E-state index in [4.69, 9.17) is 4.74 Å². The Bertz CT molecular complexity index is 728. The quantitative estimate of drug-likeness (QED) is 0.742. The van der Waals surface area contributed by atoms with Gasteiger partial charge in [-0.25, -0.2) is 14.3 Å². The molecule has 2 N–H and O–H groups in total. The molecule has 0 atom stereocenters. The van der Waals surface area contributed by atoms with Crippen LogP contribution in [0, 0.1) is 0 Å². The molecule has 25 heavy (non-hydrogen) atoms. The molecule has 0 spiro atoms. The highest BCUT2D eigenvalue weighted by molar-refractivity contribution is 6.00. The lowest BCUT2D eigenvalue weighted by atomic mass is 10.2. The summed E-state index contributed by atoms with van der Waals surface area (Å²) < 4.78 is 6.88. The minimum absolute atomic E-state index is 0.0171. The van der Waals surface area contributed by atoms with E-state index >= 15 is 0 Å². The Hall–Kier alpha value is -2.97. The summed E-state index contributed by atoms with van der Waals surface area (Å²) >= 11 is 0. The molecule has 2 aromatic rings. The molecular weight excluding hydrogens is 324 g/mol. The van der Waals surface area contributed by atoms with E-state index in [1.165, 1.54) is 0 Å². The first kappa shape index (κ1) is 18.4. The molecule has 0 saturated carbocycles. The van der Waals surface area contributed by atoms with Crippen molar-refractivity contribution < 1.29 is 14.3 Å². The van der Waals surface area contributed by atoms with Gasteiger partial charge in [-0.15, -0.1) is 5.10 Å². The number of amides is 2. The fourth-order valence-corrected chi connectivity index (χ4v) is 2.11. The highest BCUT2D eigenvalue weighted by atomic mass is 16.5. The summed E-state index contributed by atoms with van der Waals surface area (Å²) in [7, 11) is 0. The van der Waals surface area contributed by atoms with Crippen molar-refractivity contribution in [2.24, 2.45) is 0 Å². The van der Waals surface area contributed by atoms with Gasteiger partial charge in [0.2, 0.25) is 0 Å². The number of anilines is 1. The molecule has 1 aromatic heterocycles. The van der Waals surface area contributed by atoms with Crippen LogP contribution >= 0.6 is 0 Å². The van der Waals surface area contributed by atoms with E-state index in [2.05, 4.69) is 26.2 Å². The van der Waals surface area contributed by atoms with Gasteiger partial charge in [-0.2, -0.15) is 0 Å². The summed E-state index contributed by atoms with van der Waals surface area (Å²) in [5.41, 5.74) is 0.634. The molecule has 134 valence electrons. The molecule has 2 amide bonds. The Kier molecular flexibility index (Phi) is 6.44. The number of carbonyl (C=O) groups is 2. The number of benzene rings is 1. The average Bonchev–Trinajstić information content (AvgIpc) is 3.00. The first-order valence-electron chi connectivity index (χ1n) is 8.10. The van der Waals surface area contributed by atoms with Crippen molar-refractivity contribution in [3.63, 3.8) is 0 Å². The summed E-state index contributed by atoms with van der Waals surface area (Å²) in [6.45, 7) is 6.30. The van der Waals surface area contributed by atoms with E-state index < -0.39 is 5.97 Å². The van der Waals surface area contributed by atoms with Gasteiger partial charge in [0.05, 0.1) is 11.3 Å². The van der Waals surface area contributed by atoms with Gasteiger partial charge in [-0.3, -0.25) is 0 Å². The zero-order chi connectivity index (χ0) is 18.2. The van der Waals surface area contributed by atoms with Gasteiger partial charge in [0.1, 0.15) is 0 Å². The largest absolute Gasteiger partial charge is 0.454 e. The maximum absolute atomic E-state index is 12.4. The summed E-state index contributed by atoms with van der Waals surface area (Å²) in [5.74, 6) is -0.0929. The Morgan fingerprint density at radius 1 is 1.28 bits per heavy atom. The molecule has 0 fully saturated rings. The summed E-state index contributed by atoms with van der Waals surface area (Å²) in [6, 6.07) is 6.24. The van der Waals surface area contributed by atoms with Crippen LogP contribution < -0.4 is 10.6 Å². The van der Waals surface area contributed by atoms with E-state index in [0.29, 0.717) is 18.1 Å². The van der Waals surface area contributed by atoms with Gasteiger partial charge in [0, 0.05) is 12.6 Å². The fraction of sp³-hybridized carbons (Fsp3) is 0.438. The Morgan fingerprint density at radius 3 is 2.76 bits per heavy atom. The minimum atomic E-state index is -0.563. The van der Waals surface area contributed by atoms with Crippen molar-refractivity contribution in [1.29, 1.82) is 0 Å². The van der Waals surface area contributed by atoms with Crippen LogP contribution in [0.25, 0.3) is 0 Å². The summed E-state index contributed by atoms with van der Waals surface area (Å²) in [6.07, 6.45) is 0.865. The molecule has 0 unspecified atom stereocenters. The third-order valence-corrected chi connectivity index (χ3v) is 3.19. The van der Waals surface area contributed by atoms with Crippen molar-refractivity contribution >= 4 is 17.7 Å². The molecule has 0 radical (unpaired) electrons. The number of hydrogen-bond acceptors (Lipinski definition) is 6. The van der Waals surface area contributed by atoms with Gasteiger partial charge in [-0.05, 0) is 42.8 Å². The minimum Gasteiger partial charge on any atom is -0.454 e. The van der Waals surface area contributed by atoms with Crippen LogP contribution in [0.5, 0.6) is 0 Å². The highest BCUT2D eigenvalue weighted by Crippen LogP contribution is 2.16. The predicted octanol–water partition coefficient (Wildman–Crippen LogP) is 1.97. The highest BCUT2D eigenvalue weighted by Gasteiger charge is 2.16. The van der Waals surface area contributed by atoms with Crippen LogP contribution in [-0.2, 0) is 17.9 Å². The Labute approximate surface area is 145 Å². The van der Waals surface area contributed by atoms with Crippen molar-refractivity contribution in [2.75, 3.05) is 5.32 Å². The van der Waals surface area contributed by atoms with Crippen molar-refractivity contribution in [3.8, 4) is 0 Å². The van der Waals surface area contributed by atoms with Gasteiger partial charge >= 0.3 is 12.0 Å². The monoisotopic (exact) mass is 346 g/mol. The number of ether oxygens (including phenoxy) is 1. The second-order valence-electron chi connectivity index (χ2n) is 5.69. The predicted molar refractivity (Wildman–Crippen MR) is 91.0 cm³/mol. The van der Waals surface area contributed by atoms with Gasteiger partial charge in [0.15, 0.2) is 12.4 Å². The standard InChI is InChI=1S/C16H22N6O3/c1-4-9-22-14(19-20-21-22)10-25-15(23)12-7-5-6-8-13(12)18-16(24)17-11(2)3/h5-8,11H,4,9-10H2,1-3H3,(H2,17,18,24). The maximum atomic E-state index is 12.4. The van der Waals surface area contributed by atoms with Crippen LogP contribution in [-0.4, -0.2) is 38.2 Å². The van der Waals surface area contributed by atoms with Crippen molar-refractivity contribution in [2.45, 2.75) is 46.4 Å². The van der Waals surface area contributed by atoms with Crippen LogP contribution in [0.2, 0.25) is 0 Å². The van der Waals surface area contributed by atoms with Crippen LogP contribution in [0.4, 0.5) is 10.5 Å². The zero-order valence-electron chi connectivity index (χ0n) is 14.5. The smallest absolute Gasteiger partial charge is 0.340 e. The van der Waals surface area contributed by atoms with Crippen molar-refractivity contribution in [3.05, 3.63) is 35.7 Å². The second kappa shape index (κ2) is 8.76. The number of aryl methyl sites for hydroxylation is 1. The number of tetrazole rings is 1. The number of aromatic nitrogens is 4. The SMILES string of the molecule is CCCn1nnnc1COC(=O)c1ccccc1NC(=O)NC(C)C. The normalized spacial score (nSPS) is 10.6. The zero-order valence-corrected chi connectivity index (χ0v) is 14.5. The van der Waals surface area contributed by atoms with E-state index in [1.807, 2.05) is 20.8 Å². The summed E-state index contributed by atoms with van der Waals surface area (Å²) in [5, 5.41) is 16.6. The lowest BCUT2D eigenvalue weighted by Gasteiger charge is -2.13. The lowest BCUT2D eigenvalue weighted by molar-refractivity contribution is 0.0457. The van der Waals surface area contributed by atoms with E-state index in [9.17, 15) is 9.59 Å². The number of nitrogens with one attached hydrogen (secondary N) is 2. The van der Waals surface area contributed by atoms with Gasteiger partial charge in [0.25, 0.3) is 0 Å². The fourth-order valence-electron chi connectivity index (χ4n) is 2.11. The second-order valence-corrected chi connectivity index (χ2v) is 5.69. The van der Waals surface area contributed by atoms with Crippen LogP contribution in [0.3, 0.4) is 0 Å². The molecule has 0 aliphatic rings. The molecule has 2 rings (SSSR count). The maximum Gasteiger partial charge on any atom is 0.340 e. The number of nitrogens with zero attached hydrogens (tertiary/aromatic N) is 4. The van der Waals surface area contributed by atoms with E-state index in [-0.39, 0.29) is 24.2 Å². The van der Waals surface area contributed by atoms with E-state index in [0.717, 1.165) is 6.42 Å². The molecule has 9 nitrogen and oxygen atoms in total. The van der Waals surface area contributed by atoms with Gasteiger partial charge < -0.3 is 15.4 Å². The topological polar surface area (TPSA) is 111 Å².